The van der Waals surface area contributed by atoms with E-state index in [0.717, 1.165) is 22.4 Å². The van der Waals surface area contributed by atoms with E-state index in [4.69, 9.17) is 9.57 Å². The van der Waals surface area contributed by atoms with Gasteiger partial charge in [-0.25, -0.2) is 4.39 Å². The van der Waals surface area contributed by atoms with Gasteiger partial charge in [0.1, 0.15) is 30.1 Å². The molecular weight excluding hydrogens is 445 g/mol. The zero-order valence-corrected chi connectivity index (χ0v) is 19.6. The lowest BCUT2D eigenvalue weighted by molar-refractivity contribution is 0.0962. The SMILES string of the molecule is CNC(=O)c1cn(C/C(=N\OC)c2cccc(Oc3ccccc3)c2)cc1Cc1ccc(F)cc1. The van der Waals surface area contributed by atoms with E-state index in [1.165, 1.54) is 19.2 Å². The van der Waals surface area contributed by atoms with Gasteiger partial charge in [-0.3, -0.25) is 4.79 Å². The summed E-state index contributed by atoms with van der Waals surface area (Å²) in [6.07, 6.45) is 4.18. The predicted octanol–water partition coefficient (Wildman–Crippen LogP) is 5.42. The van der Waals surface area contributed by atoms with Crippen LogP contribution in [0.2, 0.25) is 0 Å². The molecule has 0 unspecified atom stereocenters. The maximum absolute atomic E-state index is 13.3. The lowest BCUT2D eigenvalue weighted by Crippen LogP contribution is -2.18. The number of amides is 1. The number of ether oxygens (including phenoxy) is 1. The maximum Gasteiger partial charge on any atom is 0.252 e. The first-order valence-electron chi connectivity index (χ1n) is 11.1. The molecule has 7 heteroatoms. The molecule has 0 saturated heterocycles. The molecule has 0 aliphatic heterocycles. The van der Waals surface area contributed by atoms with Crippen molar-refractivity contribution in [1.29, 1.82) is 0 Å². The van der Waals surface area contributed by atoms with E-state index >= 15 is 0 Å². The Morgan fingerprint density at radius 1 is 0.971 bits per heavy atom. The molecule has 0 aliphatic rings. The van der Waals surface area contributed by atoms with E-state index in [-0.39, 0.29) is 11.7 Å². The summed E-state index contributed by atoms with van der Waals surface area (Å²) in [5, 5.41) is 6.92. The first-order valence-corrected chi connectivity index (χ1v) is 11.1. The number of nitrogens with one attached hydrogen (secondary N) is 1. The Bertz CT molecular complexity index is 1320. The molecule has 0 saturated carbocycles. The van der Waals surface area contributed by atoms with Crippen molar-refractivity contribution in [3.05, 3.63) is 119 Å². The minimum atomic E-state index is -0.295. The van der Waals surface area contributed by atoms with Gasteiger partial charge in [0.25, 0.3) is 5.91 Å². The summed E-state index contributed by atoms with van der Waals surface area (Å²) in [4.78, 5) is 17.7. The van der Waals surface area contributed by atoms with Crippen LogP contribution in [-0.4, -0.2) is 30.3 Å². The second-order valence-corrected chi connectivity index (χ2v) is 7.92. The van der Waals surface area contributed by atoms with E-state index in [9.17, 15) is 9.18 Å². The van der Waals surface area contributed by atoms with Gasteiger partial charge in [-0.2, -0.15) is 0 Å². The molecule has 4 rings (SSSR count). The van der Waals surface area contributed by atoms with E-state index in [0.29, 0.717) is 30.0 Å². The summed E-state index contributed by atoms with van der Waals surface area (Å²) >= 11 is 0. The van der Waals surface area contributed by atoms with E-state index in [2.05, 4.69) is 10.5 Å². The van der Waals surface area contributed by atoms with E-state index in [1.54, 1.807) is 25.4 Å². The molecular formula is C28H26FN3O3. The largest absolute Gasteiger partial charge is 0.457 e. The van der Waals surface area contributed by atoms with Gasteiger partial charge in [-0.15, -0.1) is 0 Å². The molecule has 6 nitrogen and oxygen atoms in total. The van der Waals surface area contributed by atoms with E-state index < -0.39 is 0 Å². The highest BCUT2D eigenvalue weighted by Crippen LogP contribution is 2.23. The minimum Gasteiger partial charge on any atom is -0.457 e. The second-order valence-electron chi connectivity index (χ2n) is 7.92. The van der Waals surface area contributed by atoms with Crippen molar-refractivity contribution >= 4 is 11.6 Å². The van der Waals surface area contributed by atoms with Crippen LogP contribution in [0, 0.1) is 5.82 Å². The van der Waals surface area contributed by atoms with Crippen LogP contribution in [0.3, 0.4) is 0 Å². The molecule has 0 fully saturated rings. The smallest absolute Gasteiger partial charge is 0.252 e. The average molecular weight is 472 g/mol. The minimum absolute atomic E-state index is 0.190. The number of para-hydroxylation sites is 1. The quantitative estimate of drug-likeness (QED) is 0.262. The van der Waals surface area contributed by atoms with Crippen LogP contribution in [0.25, 0.3) is 0 Å². The first-order chi connectivity index (χ1) is 17.1. The maximum atomic E-state index is 13.3. The van der Waals surface area contributed by atoms with Crippen molar-refractivity contribution in [2.75, 3.05) is 14.2 Å². The van der Waals surface area contributed by atoms with Crippen LogP contribution >= 0.6 is 0 Å². The van der Waals surface area contributed by atoms with Crippen LogP contribution in [0.1, 0.15) is 27.0 Å². The van der Waals surface area contributed by atoms with E-state index in [1.807, 2.05) is 65.4 Å². The molecule has 0 aliphatic carbocycles. The molecule has 0 spiro atoms. The molecule has 1 amide bonds. The Labute approximate surface area is 203 Å². The molecule has 178 valence electrons. The van der Waals surface area contributed by atoms with Crippen LogP contribution < -0.4 is 10.1 Å². The van der Waals surface area contributed by atoms with Crippen molar-refractivity contribution in [2.45, 2.75) is 13.0 Å². The van der Waals surface area contributed by atoms with Crippen molar-refractivity contribution in [3.63, 3.8) is 0 Å². The number of carbonyl (C=O) groups is 1. The monoisotopic (exact) mass is 471 g/mol. The number of rotatable bonds is 9. The predicted molar refractivity (Wildman–Crippen MR) is 134 cm³/mol. The van der Waals surface area contributed by atoms with Crippen molar-refractivity contribution in [2.24, 2.45) is 5.16 Å². The Hall–Kier alpha value is -4.39. The summed E-state index contributed by atoms with van der Waals surface area (Å²) < 4.78 is 21.2. The summed E-state index contributed by atoms with van der Waals surface area (Å²) in [7, 11) is 3.09. The molecule has 1 N–H and O–H groups in total. The fourth-order valence-electron chi connectivity index (χ4n) is 3.77. The van der Waals surface area contributed by atoms with Gasteiger partial charge in [0.05, 0.1) is 12.1 Å². The zero-order chi connectivity index (χ0) is 24.6. The Kier molecular flexibility index (Phi) is 7.57. The third-order valence-corrected chi connectivity index (χ3v) is 5.42. The molecule has 3 aromatic carbocycles. The lowest BCUT2D eigenvalue weighted by atomic mass is 10.0. The molecule has 0 atom stereocenters. The van der Waals surface area contributed by atoms with Gasteiger partial charge in [0.15, 0.2) is 0 Å². The van der Waals surface area contributed by atoms with Gasteiger partial charge in [0.2, 0.25) is 0 Å². The molecule has 0 bridgehead atoms. The normalized spacial score (nSPS) is 11.2. The van der Waals surface area contributed by atoms with Gasteiger partial charge in [-0.1, -0.05) is 47.6 Å². The summed E-state index contributed by atoms with van der Waals surface area (Å²) in [5.74, 6) is 0.926. The number of oxime groups is 1. The van der Waals surface area contributed by atoms with Crippen LogP contribution in [0.4, 0.5) is 4.39 Å². The zero-order valence-electron chi connectivity index (χ0n) is 19.6. The molecule has 1 heterocycles. The Balaban J connectivity index is 1.60. The van der Waals surface area contributed by atoms with Crippen molar-refractivity contribution in [1.82, 2.24) is 9.88 Å². The standard InChI is InChI=1S/C28H26FN3O3/c1-30-28(33)26-18-32(17-22(26)15-20-11-13-23(29)14-12-20)19-27(31-34-2)21-7-6-10-25(16-21)35-24-8-4-3-5-9-24/h3-14,16-18H,15,19H2,1-2H3,(H,30,33)/b31-27+. The van der Waals surface area contributed by atoms with Gasteiger partial charge < -0.3 is 19.5 Å². The molecule has 35 heavy (non-hydrogen) atoms. The number of nitrogens with zero attached hydrogens (tertiary/aromatic N) is 2. The van der Waals surface area contributed by atoms with Crippen LogP contribution in [-0.2, 0) is 17.8 Å². The highest BCUT2D eigenvalue weighted by molar-refractivity contribution is 6.01. The fraction of sp³-hybridized carbons (Fsp3) is 0.143. The number of carbonyl (C=O) groups excluding carboxylic acids is 1. The number of benzene rings is 3. The number of hydrogen-bond acceptors (Lipinski definition) is 4. The highest BCUT2D eigenvalue weighted by atomic mass is 19.1. The number of hydrogen-bond donors (Lipinski definition) is 1. The fourth-order valence-corrected chi connectivity index (χ4v) is 3.77. The average Bonchev–Trinajstić information content (AvgIpc) is 3.27. The Morgan fingerprint density at radius 2 is 1.71 bits per heavy atom. The van der Waals surface area contributed by atoms with Crippen LogP contribution in [0.15, 0.2) is 96.4 Å². The Morgan fingerprint density at radius 3 is 2.43 bits per heavy atom. The summed E-state index contributed by atoms with van der Waals surface area (Å²) in [6, 6.07) is 23.4. The first kappa shape index (κ1) is 23.8. The van der Waals surface area contributed by atoms with Gasteiger partial charge in [0, 0.05) is 25.0 Å². The third kappa shape index (κ3) is 6.14. The topological polar surface area (TPSA) is 64.9 Å². The number of aromatic nitrogens is 1. The molecule has 1 aromatic heterocycles. The second kappa shape index (κ2) is 11.2. The van der Waals surface area contributed by atoms with Crippen molar-refractivity contribution in [3.8, 4) is 11.5 Å². The molecule has 0 radical (unpaired) electrons. The van der Waals surface area contributed by atoms with Gasteiger partial charge in [-0.05, 0) is 53.9 Å². The van der Waals surface area contributed by atoms with Crippen LogP contribution in [0.5, 0.6) is 11.5 Å². The third-order valence-electron chi connectivity index (χ3n) is 5.42. The molecule has 4 aromatic rings. The summed E-state index contributed by atoms with van der Waals surface area (Å²) in [6.45, 7) is 0.371. The summed E-state index contributed by atoms with van der Waals surface area (Å²) in [5.41, 5.74) is 3.78. The van der Waals surface area contributed by atoms with Gasteiger partial charge >= 0.3 is 0 Å². The number of halogens is 1. The highest BCUT2D eigenvalue weighted by Gasteiger charge is 2.16. The van der Waals surface area contributed by atoms with Crippen molar-refractivity contribution < 1.29 is 18.8 Å². The lowest BCUT2D eigenvalue weighted by Gasteiger charge is -2.10.